The number of carbonyl (C=O) groups excluding carboxylic acids is 3. The van der Waals surface area contributed by atoms with Crippen LogP contribution in [0.4, 0.5) is 22.4 Å². The summed E-state index contributed by atoms with van der Waals surface area (Å²) in [5.74, 6) is -4.64. The summed E-state index contributed by atoms with van der Waals surface area (Å²) in [6, 6.07) is 3.00. The zero-order valence-electron chi connectivity index (χ0n) is 33.1. The van der Waals surface area contributed by atoms with Crippen molar-refractivity contribution in [1.82, 2.24) is 24.8 Å². The Balaban J connectivity index is 1.43. The second-order valence-electron chi connectivity index (χ2n) is 16.8. The van der Waals surface area contributed by atoms with E-state index in [-0.39, 0.29) is 54.0 Å². The Bertz CT molecular complexity index is 2150. The van der Waals surface area contributed by atoms with Crippen LogP contribution in [0.5, 0.6) is 11.6 Å². The van der Waals surface area contributed by atoms with Gasteiger partial charge in [-0.1, -0.05) is 37.6 Å². The van der Waals surface area contributed by atoms with Gasteiger partial charge < -0.3 is 24.8 Å². The number of ether oxygens (including phenoxy) is 2. The molecule has 0 radical (unpaired) electrons. The number of hydrogen-bond acceptors (Lipinski definition) is 9. The second-order valence-corrected chi connectivity index (χ2v) is 19.3. The SMILES string of the molecule is COc1ccc2c(O[C@@H]3C[C@H]4C(=O)N[C@]5(C(=O)NS(=O)(=O)C6(CF)CC6)C[C@H]5/C=C\CC[C@H](C)C[C@@H](C)[C@H](N(C(=O)O)C(C)(C)C(F)(F)F)C(=O)N4C3)nc(Cl)cc2c1. The molecule has 20 heteroatoms. The number of nitrogens with zero attached hydrogens (tertiary/aromatic N) is 3. The quantitative estimate of drug-likeness (QED) is 0.159. The molecule has 4 aliphatic rings. The fraction of sp³-hybridized carbons (Fsp3) is 0.615. The van der Waals surface area contributed by atoms with Gasteiger partial charge in [-0.25, -0.2) is 22.6 Å². The van der Waals surface area contributed by atoms with Crippen LogP contribution in [-0.2, 0) is 24.4 Å². The highest BCUT2D eigenvalue weighted by Crippen LogP contribution is 2.48. The van der Waals surface area contributed by atoms with E-state index in [2.05, 4.69) is 10.3 Å². The van der Waals surface area contributed by atoms with Crippen molar-refractivity contribution in [1.29, 1.82) is 0 Å². The molecule has 2 saturated carbocycles. The van der Waals surface area contributed by atoms with Crippen LogP contribution in [0.1, 0.15) is 72.6 Å². The van der Waals surface area contributed by atoms with E-state index >= 15 is 0 Å². The number of amides is 4. The Morgan fingerprint density at radius 3 is 2.46 bits per heavy atom. The predicted octanol–water partition coefficient (Wildman–Crippen LogP) is 5.77. The zero-order valence-corrected chi connectivity index (χ0v) is 34.7. The molecule has 6 rings (SSSR count). The normalized spacial score (nSPS) is 29.2. The maximum atomic E-state index is 15.0. The van der Waals surface area contributed by atoms with Gasteiger partial charge in [0.25, 0.3) is 5.91 Å². The number of sulfonamides is 1. The maximum absolute atomic E-state index is 15.0. The van der Waals surface area contributed by atoms with Gasteiger partial charge in [0.15, 0.2) is 0 Å². The number of halogens is 5. The molecular weight excluding hydrogens is 826 g/mol. The van der Waals surface area contributed by atoms with E-state index in [1.54, 1.807) is 36.4 Å². The molecule has 4 amide bonds. The van der Waals surface area contributed by atoms with Gasteiger partial charge >= 0.3 is 12.3 Å². The number of allylic oxidation sites excluding steroid dienone is 1. The van der Waals surface area contributed by atoms with Crippen molar-refractivity contribution in [2.24, 2.45) is 17.8 Å². The molecule has 1 aromatic heterocycles. The minimum absolute atomic E-state index is 0.00404. The number of alkyl halides is 4. The number of fused-ring (bicyclic) bond motifs is 3. The molecule has 3 heterocycles. The highest BCUT2D eigenvalue weighted by Gasteiger charge is 2.64. The fourth-order valence-corrected chi connectivity index (χ4v) is 9.91. The lowest BCUT2D eigenvalue weighted by atomic mass is 9.85. The van der Waals surface area contributed by atoms with Gasteiger partial charge in [0.05, 0.1) is 13.7 Å². The third-order valence-corrected chi connectivity index (χ3v) is 14.6. The number of hydrogen-bond donors (Lipinski definition) is 3. The molecule has 324 valence electrons. The lowest BCUT2D eigenvalue weighted by molar-refractivity contribution is -0.222. The Kier molecular flexibility index (Phi) is 11.9. The molecule has 2 aliphatic heterocycles. The van der Waals surface area contributed by atoms with Crippen molar-refractivity contribution in [3.05, 3.63) is 41.6 Å². The Morgan fingerprint density at radius 2 is 1.85 bits per heavy atom. The Hall–Kier alpha value is -4.39. The number of aromatic nitrogens is 1. The average molecular weight is 874 g/mol. The Labute approximate surface area is 344 Å². The van der Waals surface area contributed by atoms with Crippen molar-refractivity contribution in [2.75, 3.05) is 20.3 Å². The monoisotopic (exact) mass is 873 g/mol. The number of nitrogens with one attached hydrogen (secondary N) is 2. The molecule has 2 aromatic rings. The van der Waals surface area contributed by atoms with Crippen LogP contribution in [0.15, 0.2) is 36.4 Å². The number of carbonyl (C=O) groups is 4. The van der Waals surface area contributed by atoms with E-state index < -0.39 is 99.1 Å². The average Bonchev–Trinajstić information content (AvgIpc) is 4.05. The van der Waals surface area contributed by atoms with Gasteiger partial charge in [0.1, 0.15) is 51.6 Å². The summed E-state index contributed by atoms with van der Waals surface area (Å²) >= 11 is 6.34. The lowest BCUT2D eigenvalue weighted by Crippen LogP contribution is -2.66. The molecular formula is C39H48ClF4N5O9S. The number of pyridine rings is 1. The first-order valence-corrected chi connectivity index (χ1v) is 21.2. The molecule has 2 aliphatic carbocycles. The van der Waals surface area contributed by atoms with Crippen molar-refractivity contribution < 1.29 is 59.7 Å². The summed E-state index contributed by atoms with van der Waals surface area (Å²) in [6.07, 6.45) is -4.19. The highest BCUT2D eigenvalue weighted by atomic mass is 35.5. The van der Waals surface area contributed by atoms with Gasteiger partial charge in [-0.15, -0.1) is 0 Å². The van der Waals surface area contributed by atoms with Crippen molar-refractivity contribution >= 4 is 56.2 Å². The molecule has 1 saturated heterocycles. The van der Waals surface area contributed by atoms with Gasteiger partial charge in [-0.2, -0.15) is 13.2 Å². The smallest absolute Gasteiger partial charge is 0.411 e. The van der Waals surface area contributed by atoms with Crippen molar-refractivity contribution in [2.45, 2.75) is 113 Å². The molecule has 0 unspecified atom stereocenters. The molecule has 0 spiro atoms. The number of rotatable bonds is 9. The van der Waals surface area contributed by atoms with Crippen LogP contribution in [-0.4, -0.2) is 113 Å². The van der Waals surface area contributed by atoms with Gasteiger partial charge in [0.2, 0.25) is 27.7 Å². The van der Waals surface area contributed by atoms with E-state index in [9.17, 15) is 50.3 Å². The number of methoxy groups -OCH3 is 1. The molecule has 7 atom stereocenters. The highest BCUT2D eigenvalue weighted by molar-refractivity contribution is 7.91. The molecule has 1 aromatic carbocycles. The van der Waals surface area contributed by atoms with Crippen LogP contribution >= 0.6 is 11.6 Å². The first kappa shape index (κ1) is 44.2. The van der Waals surface area contributed by atoms with E-state index in [1.165, 1.54) is 14.0 Å². The largest absolute Gasteiger partial charge is 0.497 e. The minimum Gasteiger partial charge on any atom is -0.497 e. The Morgan fingerprint density at radius 1 is 1.15 bits per heavy atom. The first-order chi connectivity index (χ1) is 27.5. The van der Waals surface area contributed by atoms with Gasteiger partial charge in [-0.3, -0.25) is 24.0 Å². The third kappa shape index (κ3) is 8.37. The standard InChI is InChI=1S/C39H48ClF4N5O9S/c1-21-8-6-7-9-24-18-38(24,34(52)47-59(55,56)37(20-41)12-13-37)46-31(50)28-17-26(58-32-27-11-10-25(57-5)15-23(27)16-29(40)45-32)19-48(28)33(51)30(22(2)14-21)49(35(53)54)36(3,4)39(42,43)44/h7,9-11,15-16,21-22,24,26,28,30H,6,8,12-14,17-20H2,1-5H3,(H,46,50)(H,47,52)(H,53,54)/b9-7-/t21-,22+,24+,26+,28-,30-,38+/m0/s1. The van der Waals surface area contributed by atoms with E-state index in [1.807, 2.05) is 11.6 Å². The van der Waals surface area contributed by atoms with Crippen LogP contribution in [0.25, 0.3) is 10.8 Å². The number of benzene rings is 1. The minimum atomic E-state index is -5.13. The summed E-state index contributed by atoms with van der Waals surface area (Å²) in [6.45, 7) is 2.97. The van der Waals surface area contributed by atoms with E-state index in [4.69, 9.17) is 21.1 Å². The lowest BCUT2D eigenvalue weighted by Gasteiger charge is -2.45. The fourth-order valence-electron chi connectivity index (χ4n) is 8.29. The predicted molar refractivity (Wildman–Crippen MR) is 207 cm³/mol. The summed E-state index contributed by atoms with van der Waals surface area (Å²) in [4.78, 5) is 61.7. The molecule has 3 N–H and O–H groups in total. The summed E-state index contributed by atoms with van der Waals surface area (Å²) in [5, 5.41) is 14.1. The van der Waals surface area contributed by atoms with Crippen LogP contribution < -0.4 is 19.5 Å². The summed E-state index contributed by atoms with van der Waals surface area (Å²) in [7, 11) is -3.04. The molecule has 59 heavy (non-hydrogen) atoms. The molecule has 3 fully saturated rings. The third-order valence-electron chi connectivity index (χ3n) is 12.3. The first-order valence-electron chi connectivity index (χ1n) is 19.3. The van der Waals surface area contributed by atoms with Gasteiger partial charge in [-0.05, 0) is 93.9 Å². The summed E-state index contributed by atoms with van der Waals surface area (Å²) < 4.78 is 96.1. The van der Waals surface area contributed by atoms with Gasteiger partial charge in [0, 0.05) is 17.7 Å². The van der Waals surface area contributed by atoms with E-state index in [0.717, 1.165) is 4.90 Å². The van der Waals surface area contributed by atoms with Crippen molar-refractivity contribution in [3.63, 3.8) is 0 Å². The second kappa shape index (κ2) is 15.9. The van der Waals surface area contributed by atoms with Crippen LogP contribution in [0.3, 0.4) is 0 Å². The van der Waals surface area contributed by atoms with E-state index in [0.29, 0.717) is 43.2 Å². The summed E-state index contributed by atoms with van der Waals surface area (Å²) in [5.41, 5.74) is -4.93. The number of carboxylic acid groups (broad SMARTS) is 1. The maximum Gasteiger partial charge on any atom is 0.411 e. The van der Waals surface area contributed by atoms with Crippen LogP contribution in [0, 0.1) is 17.8 Å². The topological polar surface area (TPSA) is 185 Å². The van der Waals surface area contributed by atoms with Crippen molar-refractivity contribution in [3.8, 4) is 11.6 Å². The molecule has 14 nitrogen and oxygen atoms in total. The molecule has 0 bridgehead atoms. The zero-order chi connectivity index (χ0) is 43.5. The van der Waals surface area contributed by atoms with Crippen LogP contribution in [0.2, 0.25) is 5.15 Å².